The van der Waals surface area contributed by atoms with Crippen molar-refractivity contribution < 1.29 is 0 Å². The third-order valence-electron chi connectivity index (χ3n) is 4.09. The summed E-state index contributed by atoms with van der Waals surface area (Å²) in [6.45, 7) is 9.07. The molecule has 0 aromatic carbocycles. The van der Waals surface area contributed by atoms with E-state index in [4.69, 9.17) is 0 Å². The maximum absolute atomic E-state index is 2.37. The zero-order valence-electron chi connectivity index (χ0n) is 15.0. The molecule has 0 heteroatoms. The Morgan fingerprint density at radius 1 is 0.857 bits per heavy atom. The van der Waals surface area contributed by atoms with Crippen LogP contribution in [0.4, 0.5) is 0 Å². The Bertz CT molecular complexity index is 293. The molecule has 0 bridgehead atoms. The summed E-state index contributed by atoms with van der Waals surface area (Å²) in [4.78, 5) is 0. The lowest BCUT2D eigenvalue weighted by Gasteiger charge is -2.15. The molecule has 0 saturated carbocycles. The topological polar surface area (TPSA) is 0 Å². The van der Waals surface area contributed by atoms with Gasteiger partial charge in [0.2, 0.25) is 0 Å². The predicted octanol–water partition coefficient (Wildman–Crippen LogP) is 7.62. The molecule has 0 aromatic heterocycles. The summed E-state index contributed by atoms with van der Waals surface area (Å²) < 4.78 is 0. The number of allylic oxidation sites excluding steroid dienone is 6. The van der Waals surface area contributed by atoms with Crippen LogP contribution in [0.15, 0.2) is 36.0 Å². The Labute approximate surface area is 134 Å². The third kappa shape index (κ3) is 12.7. The van der Waals surface area contributed by atoms with E-state index in [1.165, 1.54) is 57.8 Å². The first-order valence-electron chi connectivity index (χ1n) is 9.24. The van der Waals surface area contributed by atoms with Crippen molar-refractivity contribution in [2.24, 2.45) is 5.92 Å². The van der Waals surface area contributed by atoms with Crippen molar-refractivity contribution in [3.63, 3.8) is 0 Å². The van der Waals surface area contributed by atoms with E-state index in [0.717, 1.165) is 12.3 Å². The van der Waals surface area contributed by atoms with Gasteiger partial charge in [0.05, 0.1) is 0 Å². The van der Waals surface area contributed by atoms with Gasteiger partial charge in [-0.2, -0.15) is 0 Å². The van der Waals surface area contributed by atoms with Gasteiger partial charge in [-0.25, -0.2) is 0 Å². The van der Waals surface area contributed by atoms with Crippen LogP contribution in [-0.4, -0.2) is 0 Å². The number of hydrogen-bond acceptors (Lipinski definition) is 0. The summed E-state index contributed by atoms with van der Waals surface area (Å²) >= 11 is 0. The second-order valence-electron chi connectivity index (χ2n) is 6.14. The van der Waals surface area contributed by atoms with Crippen LogP contribution in [-0.2, 0) is 0 Å². The average Bonchev–Trinajstić information content (AvgIpc) is 2.49. The molecule has 0 aliphatic heterocycles. The van der Waals surface area contributed by atoms with Gasteiger partial charge in [0.1, 0.15) is 0 Å². The Kier molecular flexibility index (Phi) is 15.0. The molecular weight excluding hydrogens is 252 g/mol. The minimum atomic E-state index is 0.736. The predicted molar refractivity (Wildman–Crippen MR) is 98.7 cm³/mol. The lowest BCUT2D eigenvalue weighted by atomic mass is 9.90. The Hall–Kier alpha value is -0.780. The first kappa shape index (κ1) is 20.2. The maximum atomic E-state index is 2.37. The highest BCUT2D eigenvalue weighted by atomic mass is 14.1. The molecule has 0 spiro atoms. The van der Waals surface area contributed by atoms with Gasteiger partial charge < -0.3 is 0 Å². The fourth-order valence-corrected chi connectivity index (χ4v) is 2.56. The molecule has 0 aromatic rings. The van der Waals surface area contributed by atoms with Gasteiger partial charge in [-0.1, -0.05) is 88.8 Å². The highest BCUT2D eigenvalue weighted by molar-refractivity contribution is 5.14. The molecule has 0 radical (unpaired) electrons. The van der Waals surface area contributed by atoms with E-state index in [1.807, 2.05) is 0 Å². The summed E-state index contributed by atoms with van der Waals surface area (Å²) in [5.41, 5.74) is 1.55. The molecule has 1 unspecified atom stereocenters. The van der Waals surface area contributed by atoms with Crippen LogP contribution in [0.5, 0.6) is 0 Å². The maximum Gasteiger partial charge on any atom is -0.0168 e. The summed E-state index contributed by atoms with van der Waals surface area (Å²) in [6, 6.07) is 0. The number of rotatable bonds is 13. The molecular formula is C21H38. The van der Waals surface area contributed by atoms with Crippen molar-refractivity contribution in [2.45, 2.75) is 91.9 Å². The molecule has 0 saturated heterocycles. The molecule has 21 heavy (non-hydrogen) atoms. The van der Waals surface area contributed by atoms with Crippen LogP contribution in [0.1, 0.15) is 91.9 Å². The molecule has 122 valence electrons. The highest BCUT2D eigenvalue weighted by Gasteiger charge is 2.08. The second kappa shape index (κ2) is 15.6. The van der Waals surface area contributed by atoms with Crippen LogP contribution in [0.3, 0.4) is 0 Å². The molecule has 0 heterocycles. The summed E-state index contributed by atoms with van der Waals surface area (Å²) in [5.74, 6) is 0.736. The third-order valence-corrected chi connectivity index (χ3v) is 4.09. The van der Waals surface area contributed by atoms with Crippen LogP contribution in [0.25, 0.3) is 0 Å². The monoisotopic (exact) mass is 290 g/mol. The summed E-state index contributed by atoms with van der Waals surface area (Å²) in [7, 11) is 0. The molecule has 0 fully saturated rings. The smallest absolute Gasteiger partial charge is 0.0168 e. The van der Waals surface area contributed by atoms with E-state index >= 15 is 0 Å². The molecule has 0 nitrogen and oxygen atoms in total. The van der Waals surface area contributed by atoms with Crippen molar-refractivity contribution in [3.8, 4) is 0 Å². The summed E-state index contributed by atoms with van der Waals surface area (Å²) in [6.07, 6.45) is 24.6. The van der Waals surface area contributed by atoms with E-state index in [-0.39, 0.29) is 0 Å². The Morgan fingerprint density at radius 2 is 1.57 bits per heavy atom. The highest BCUT2D eigenvalue weighted by Crippen LogP contribution is 2.23. The SMILES string of the molecule is CC/C=C/CC(CCCCC)/C(C)=C\C=C\CCCCC. The van der Waals surface area contributed by atoms with Gasteiger partial charge in [0, 0.05) is 0 Å². The quantitative estimate of drug-likeness (QED) is 0.186. The van der Waals surface area contributed by atoms with Gasteiger partial charge >= 0.3 is 0 Å². The number of hydrogen-bond donors (Lipinski definition) is 0. The standard InChI is InChI=1S/C21H38/c1-5-8-11-12-13-16-17-20(4)21(18-14-9-6-2)19-15-10-7-3/h9,13-14,16-17,21H,5-8,10-12,15,18-19H2,1-4H3/b14-9+,16-13+,20-17-. The van der Waals surface area contributed by atoms with Crippen LogP contribution in [0, 0.1) is 5.92 Å². The zero-order valence-corrected chi connectivity index (χ0v) is 15.0. The van der Waals surface area contributed by atoms with Crippen LogP contribution in [0.2, 0.25) is 0 Å². The minimum absolute atomic E-state index is 0.736. The van der Waals surface area contributed by atoms with Gasteiger partial charge in [0.25, 0.3) is 0 Å². The Balaban J connectivity index is 4.31. The fourth-order valence-electron chi connectivity index (χ4n) is 2.56. The first-order valence-corrected chi connectivity index (χ1v) is 9.24. The van der Waals surface area contributed by atoms with E-state index in [0.29, 0.717) is 0 Å². The average molecular weight is 291 g/mol. The van der Waals surface area contributed by atoms with Crippen LogP contribution >= 0.6 is 0 Å². The second-order valence-corrected chi connectivity index (χ2v) is 6.14. The van der Waals surface area contributed by atoms with E-state index in [2.05, 4.69) is 58.1 Å². The molecule has 0 rings (SSSR count). The molecule has 0 amide bonds. The largest absolute Gasteiger partial charge is 0.0888 e. The molecule has 0 aliphatic rings. The normalized spacial score (nSPS) is 14.4. The van der Waals surface area contributed by atoms with Crippen molar-refractivity contribution >= 4 is 0 Å². The van der Waals surface area contributed by atoms with Gasteiger partial charge in [-0.15, -0.1) is 0 Å². The van der Waals surface area contributed by atoms with Crippen molar-refractivity contribution in [3.05, 3.63) is 36.0 Å². The van der Waals surface area contributed by atoms with Gasteiger partial charge in [-0.05, 0) is 44.9 Å². The van der Waals surface area contributed by atoms with E-state index < -0.39 is 0 Å². The minimum Gasteiger partial charge on any atom is -0.0888 e. The number of unbranched alkanes of at least 4 members (excludes halogenated alkanes) is 5. The molecule has 0 N–H and O–H groups in total. The lowest BCUT2D eigenvalue weighted by molar-refractivity contribution is 0.521. The van der Waals surface area contributed by atoms with Crippen molar-refractivity contribution in [1.29, 1.82) is 0 Å². The first-order chi connectivity index (χ1) is 10.3. The summed E-state index contributed by atoms with van der Waals surface area (Å²) in [5, 5.41) is 0. The Morgan fingerprint density at radius 3 is 2.24 bits per heavy atom. The zero-order chi connectivity index (χ0) is 15.8. The lowest BCUT2D eigenvalue weighted by Crippen LogP contribution is -2.01. The fraction of sp³-hybridized carbons (Fsp3) is 0.714. The van der Waals surface area contributed by atoms with Gasteiger partial charge in [-0.3, -0.25) is 0 Å². The van der Waals surface area contributed by atoms with E-state index in [9.17, 15) is 0 Å². The van der Waals surface area contributed by atoms with E-state index in [1.54, 1.807) is 5.57 Å². The molecule has 1 atom stereocenters. The van der Waals surface area contributed by atoms with Crippen molar-refractivity contribution in [2.75, 3.05) is 0 Å². The molecule has 0 aliphatic carbocycles. The van der Waals surface area contributed by atoms with Crippen molar-refractivity contribution in [1.82, 2.24) is 0 Å². The van der Waals surface area contributed by atoms with Crippen LogP contribution < -0.4 is 0 Å². The van der Waals surface area contributed by atoms with Gasteiger partial charge in [0.15, 0.2) is 0 Å².